The van der Waals surface area contributed by atoms with E-state index in [9.17, 15) is 0 Å². The fraction of sp³-hybridized carbons (Fsp3) is 0.296. The molecule has 34 heavy (non-hydrogen) atoms. The van der Waals surface area contributed by atoms with E-state index in [1.54, 1.807) is 0 Å². The summed E-state index contributed by atoms with van der Waals surface area (Å²) >= 11 is 0. The summed E-state index contributed by atoms with van der Waals surface area (Å²) in [7, 11) is 0. The Morgan fingerprint density at radius 3 is 2.62 bits per heavy atom. The lowest BCUT2D eigenvalue weighted by atomic mass is 10.1. The monoisotopic (exact) mass is 451 g/mol. The number of aromatic nitrogens is 5. The first-order chi connectivity index (χ1) is 16.5. The van der Waals surface area contributed by atoms with Crippen LogP contribution in [0.1, 0.15) is 20.8 Å². The number of anilines is 1. The van der Waals surface area contributed by atoms with Gasteiger partial charge in [0.25, 0.3) is 0 Å². The highest BCUT2D eigenvalue weighted by molar-refractivity contribution is 5.94. The van der Waals surface area contributed by atoms with Gasteiger partial charge in [-0.15, -0.1) is 0 Å². The van der Waals surface area contributed by atoms with E-state index < -0.39 is 0 Å². The van der Waals surface area contributed by atoms with Crippen molar-refractivity contribution >= 4 is 27.9 Å². The van der Waals surface area contributed by atoms with Gasteiger partial charge in [0, 0.05) is 54.7 Å². The maximum atomic E-state index is 5.06. The van der Waals surface area contributed by atoms with Crippen LogP contribution in [0.3, 0.4) is 0 Å². The second-order valence-corrected chi connectivity index (χ2v) is 9.93. The van der Waals surface area contributed by atoms with Gasteiger partial charge in [0.05, 0.1) is 29.3 Å². The van der Waals surface area contributed by atoms with Crippen molar-refractivity contribution in [3.63, 3.8) is 0 Å². The van der Waals surface area contributed by atoms with Crippen LogP contribution in [-0.4, -0.2) is 50.7 Å². The van der Waals surface area contributed by atoms with Crippen molar-refractivity contribution < 1.29 is 0 Å². The summed E-state index contributed by atoms with van der Waals surface area (Å²) in [6.45, 7) is 10.6. The van der Waals surface area contributed by atoms with Gasteiger partial charge in [-0.3, -0.25) is 0 Å². The normalized spacial score (nSPS) is 14.9. The van der Waals surface area contributed by atoms with E-state index in [0.29, 0.717) is 0 Å². The van der Waals surface area contributed by atoms with Crippen molar-refractivity contribution in [2.45, 2.75) is 26.3 Å². The molecule has 0 spiro atoms. The Labute approximate surface area is 198 Å². The summed E-state index contributed by atoms with van der Waals surface area (Å²) < 4.78 is 2.22. The van der Waals surface area contributed by atoms with Gasteiger partial charge in [0.15, 0.2) is 5.65 Å². The Hall–Kier alpha value is -3.71. The van der Waals surface area contributed by atoms with Crippen LogP contribution in [-0.2, 0) is 5.54 Å². The molecule has 5 aromatic rings. The molecule has 0 atom stereocenters. The lowest BCUT2D eigenvalue weighted by molar-refractivity contribution is 0.408. The number of imidazole rings is 1. The third kappa shape index (κ3) is 3.62. The van der Waals surface area contributed by atoms with Crippen LogP contribution < -0.4 is 10.2 Å². The predicted octanol–water partition coefficient (Wildman–Crippen LogP) is 4.81. The van der Waals surface area contributed by atoms with Crippen molar-refractivity contribution in [1.82, 2.24) is 29.8 Å². The number of hydrogen-bond donors (Lipinski definition) is 2. The maximum Gasteiger partial charge on any atom is 0.156 e. The first-order valence-electron chi connectivity index (χ1n) is 11.9. The number of H-pyrrole nitrogens is 1. The minimum atomic E-state index is -0.0456. The maximum absolute atomic E-state index is 5.06. The summed E-state index contributed by atoms with van der Waals surface area (Å²) in [5, 5.41) is 3.42. The molecule has 0 saturated carbocycles. The van der Waals surface area contributed by atoms with Gasteiger partial charge >= 0.3 is 0 Å². The predicted molar refractivity (Wildman–Crippen MR) is 138 cm³/mol. The fourth-order valence-corrected chi connectivity index (χ4v) is 4.75. The van der Waals surface area contributed by atoms with E-state index >= 15 is 0 Å². The molecule has 0 radical (unpaired) electrons. The van der Waals surface area contributed by atoms with Crippen molar-refractivity contribution in [3.05, 3.63) is 61.2 Å². The number of nitrogens with one attached hydrogen (secondary N) is 2. The molecule has 0 bridgehead atoms. The van der Waals surface area contributed by atoms with Crippen LogP contribution in [0.2, 0.25) is 0 Å². The van der Waals surface area contributed by atoms with Gasteiger partial charge in [-0.25, -0.2) is 15.0 Å². The van der Waals surface area contributed by atoms with E-state index in [-0.39, 0.29) is 5.54 Å². The molecule has 1 aliphatic heterocycles. The zero-order chi connectivity index (χ0) is 23.3. The summed E-state index contributed by atoms with van der Waals surface area (Å²) in [5.41, 5.74) is 9.09. The largest absolute Gasteiger partial charge is 0.369 e. The number of piperazine rings is 1. The van der Waals surface area contributed by atoms with Crippen LogP contribution in [0.5, 0.6) is 0 Å². The topological polar surface area (TPSA) is 74.7 Å². The Morgan fingerprint density at radius 2 is 1.79 bits per heavy atom. The number of rotatable bonds is 3. The second-order valence-electron chi connectivity index (χ2n) is 9.93. The lowest BCUT2D eigenvalue weighted by Gasteiger charge is -2.29. The Balaban J connectivity index is 1.42. The first kappa shape index (κ1) is 20.9. The highest BCUT2D eigenvalue weighted by Crippen LogP contribution is 2.32. The molecule has 7 heteroatoms. The van der Waals surface area contributed by atoms with Crippen molar-refractivity contribution in [3.8, 4) is 22.4 Å². The van der Waals surface area contributed by atoms with Gasteiger partial charge in [0.2, 0.25) is 0 Å². The molecule has 2 N–H and O–H groups in total. The molecule has 1 fully saturated rings. The third-order valence-electron chi connectivity index (χ3n) is 6.59. The zero-order valence-corrected chi connectivity index (χ0v) is 19.8. The van der Waals surface area contributed by atoms with Crippen LogP contribution >= 0.6 is 0 Å². The van der Waals surface area contributed by atoms with E-state index in [1.165, 1.54) is 5.69 Å². The van der Waals surface area contributed by atoms with E-state index in [4.69, 9.17) is 9.97 Å². The number of hydrogen-bond acceptors (Lipinski definition) is 5. The summed E-state index contributed by atoms with van der Waals surface area (Å²) in [6, 6.07) is 15.0. The minimum absolute atomic E-state index is 0.0456. The second kappa shape index (κ2) is 7.95. The highest BCUT2D eigenvalue weighted by Gasteiger charge is 2.18. The van der Waals surface area contributed by atoms with Gasteiger partial charge in [-0.1, -0.05) is 18.2 Å². The molecule has 0 amide bonds. The molecular formula is C27H29N7. The molecule has 2 aromatic carbocycles. The Kier molecular flexibility index (Phi) is 4.88. The lowest BCUT2D eigenvalue weighted by Crippen LogP contribution is -2.43. The zero-order valence-electron chi connectivity index (χ0n) is 19.8. The molecule has 6 rings (SSSR count). The SMILES string of the molecule is CC(C)(C)n1cnc2ccc(-c3c[nH]c4ncc(-c5cccc(N6CCNCC6)c5)nc34)cc21. The number of benzene rings is 2. The molecule has 1 aliphatic rings. The molecule has 0 unspecified atom stereocenters. The number of nitrogens with zero attached hydrogens (tertiary/aromatic N) is 5. The highest BCUT2D eigenvalue weighted by atomic mass is 15.2. The molecular weight excluding hydrogens is 422 g/mol. The van der Waals surface area contributed by atoms with Crippen molar-refractivity contribution in [2.75, 3.05) is 31.1 Å². The van der Waals surface area contributed by atoms with Gasteiger partial charge in [-0.2, -0.15) is 0 Å². The van der Waals surface area contributed by atoms with E-state index in [0.717, 1.165) is 70.8 Å². The van der Waals surface area contributed by atoms with Gasteiger partial charge in [-0.05, 0) is 50.6 Å². The molecule has 7 nitrogen and oxygen atoms in total. The van der Waals surface area contributed by atoms with Crippen LogP contribution in [0, 0.1) is 0 Å². The van der Waals surface area contributed by atoms with Crippen molar-refractivity contribution in [1.29, 1.82) is 0 Å². The molecule has 1 saturated heterocycles. The third-order valence-corrected chi connectivity index (χ3v) is 6.59. The van der Waals surface area contributed by atoms with Gasteiger partial charge in [0.1, 0.15) is 5.52 Å². The standard InChI is InChI=1S/C27H29N7/c1-27(2,3)34-17-31-22-8-7-18(14-24(22)34)21-15-29-26-25(21)32-23(16-30-26)19-5-4-6-20(13-19)33-11-9-28-10-12-33/h4-8,13-17,28H,9-12H2,1-3H3,(H,29,30). The van der Waals surface area contributed by atoms with Crippen LogP contribution in [0.4, 0.5) is 5.69 Å². The Morgan fingerprint density at radius 1 is 0.941 bits per heavy atom. The van der Waals surface area contributed by atoms with E-state index in [1.807, 2.05) is 18.7 Å². The van der Waals surface area contributed by atoms with Crippen LogP contribution in [0.15, 0.2) is 61.2 Å². The molecule has 3 aromatic heterocycles. The number of aromatic amines is 1. The summed E-state index contributed by atoms with van der Waals surface area (Å²) in [5.74, 6) is 0. The average molecular weight is 452 g/mol. The minimum Gasteiger partial charge on any atom is -0.369 e. The van der Waals surface area contributed by atoms with Gasteiger partial charge < -0.3 is 19.8 Å². The molecule has 4 heterocycles. The fourth-order valence-electron chi connectivity index (χ4n) is 4.75. The first-order valence-corrected chi connectivity index (χ1v) is 11.9. The Bertz CT molecular complexity index is 1480. The summed E-state index contributed by atoms with van der Waals surface area (Å²) in [6.07, 6.45) is 5.79. The van der Waals surface area contributed by atoms with Crippen molar-refractivity contribution in [2.24, 2.45) is 0 Å². The number of fused-ring (bicyclic) bond motifs is 2. The summed E-state index contributed by atoms with van der Waals surface area (Å²) in [4.78, 5) is 20.1. The average Bonchev–Trinajstić information content (AvgIpc) is 3.48. The molecule has 172 valence electrons. The smallest absolute Gasteiger partial charge is 0.156 e. The molecule has 0 aliphatic carbocycles. The van der Waals surface area contributed by atoms with E-state index in [2.05, 4.69) is 88.0 Å². The quantitative estimate of drug-likeness (QED) is 0.412. The van der Waals surface area contributed by atoms with Crippen LogP contribution in [0.25, 0.3) is 44.6 Å².